The zero-order valence-corrected chi connectivity index (χ0v) is 8.93. The van der Waals surface area contributed by atoms with Crippen molar-refractivity contribution in [3.63, 3.8) is 0 Å². The molecule has 2 rings (SSSR count). The third kappa shape index (κ3) is 2.63. The van der Waals surface area contributed by atoms with Gasteiger partial charge in [0.2, 0.25) is 0 Å². The topological polar surface area (TPSA) is 15.3 Å². The van der Waals surface area contributed by atoms with Gasteiger partial charge in [-0.25, -0.2) is 5.01 Å². The highest BCUT2D eigenvalue weighted by Crippen LogP contribution is 2.16. The molecule has 0 unspecified atom stereocenters. The van der Waals surface area contributed by atoms with E-state index in [1.54, 1.807) is 0 Å². The highest BCUT2D eigenvalue weighted by atomic mass is 35.5. The van der Waals surface area contributed by atoms with Gasteiger partial charge in [0.25, 0.3) is 0 Å². The van der Waals surface area contributed by atoms with E-state index in [4.69, 9.17) is 11.6 Å². The normalized spacial score (nSPS) is 18.1. The molecule has 14 heavy (non-hydrogen) atoms. The number of nitrogens with one attached hydrogen (secondary N) is 1. The van der Waals surface area contributed by atoms with Gasteiger partial charge in [-0.3, -0.25) is 0 Å². The summed E-state index contributed by atoms with van der Waals surface area (Å²) in [4.78, 5) is 0. The first-order valence-electron chi connectivity index (χ1n) is 5.12. The number of halogens is 1. The molecule has 1 aliphatic rings. The lowest BCUT2D eigenvalue weighted by Gasteiger charge is -2.27. The predicted octanol–water partition coefficient (Wildman–Crippen LogP) is 3.15. The average Bonchev–Trinajstić information content (AvgIpc) is 2.23. The fourth-order valence-corrected chi connectivity index (χ4v) is 1.84. The van der Waals surface area contributed by atoms with Crippen molar-refractivity contribution >= 4 is 17.3 Å². The summed E-state index contributed by atoms with van der Waals surface area (Å²) in [5.74, 6) is 0. The second-order valence-corrected chi connectivity index (χ2v) is 4.10. The van der Waals surface area contributed by atoms with Gasteiger partial charge in [0.05, 0.1) is 0 Å². The number of hydrogen-bond acceptors (Lipinski definition) is 2. The predicted molar refractivity (Wildman–Crippen MR) is 60.5 cm³/mol. The number of piperidine rings is 1. The van der Waals surface area contributed by atoms with Crippen LogP contribution in [0.4, 0.5) is 5.69 Å². The quantitative estimate of drug-likeness (QED) is 0.807. The number of rotatable bonds is 2. The van der Waals surface area contributed by atoms with Crippen LogP contribution in [-0.2, 0) is 0 Å². The van der Waals surface area contributed by atoms with Crippen LogP contribution in [0.3, 0.4) is 0 Å². The van der Waals surface area contributed by atoms with E-state index >= 15 is 0 Å². The number of hydrazine groups is 1. The van der Waals surface area contributed by atoms with E-state index in [2.05, 4.69) is 10.4 Å². The van der Waals surface area contributed by atoms with Gasteiger partial charge in [0.15, 0.2) is 0 Å². The Bertz CT molecular complexity index is 278. The largest absolute Gasteiger partial charge is 0.319 e. The molecule has 2 nitrogen and oxygen atoms in total. The van der Waals surface area contributed by atoms with E-state index in [1.807, 2.05) is 24.3 Å². The van der Waals surface area contributed by atoms with E-state index in [9.17, 15) is 0 Å². The van der Waals surface area contributed by atoms with Crippen molar-refractivity contribution in [3.8, 4) is 0 Å². The second kappa shape index (κ2) is 4.67. The molecule has 0 atom stereocenters. The molecule has 1 heterocycles. The molecule has 1 fully saturated rings. The molecule has 0 aromatic heterocycles. The van der Waals surface area contributed by atoms with Crippen LogP contribution in [0.1, 0.15) is 19.3 Å². The Balaban J connectivity index is 1.92. The van der Waals surface area contributed by atoms with E-state index in [1.165, 1.54) is 19.3 Å². The van der Waals surface area contributed by atoms with Crippen LogP contribution >= 0.6 is 11.6 Å². The second-order valence-electron chi connectivity index (χ2n) is 3.67. The molecule has 0 bridgehead atoms. The number of hydrogen-bond donors (Lipinski definition) is 1. The Morgan fingerprint density at radius 3 is 2.29 bits per heavy atom. The summed E-state index contributed by atoms with van der Waals surface area (Å²) in [5.41, 5.74) is 4.50. The molecule has 0 spiro atoms. The molecular formula is C11H15ClN2. The maximum Gasteiger partial charge on any atom is 0.0491 e. The Labute approximate surface area is 89.8 Å². The Morgan fingerprint density at radius 2 is 1.64 bits per heavy atom. The van der Waals surface area contributed by atoms with Crippen molar-refractivity contribution in [3.05, 3.63) is 29.3 Å². The monoisotopic (exact) mass is 210 g/mol. The van der Waals surface area contributed by atoms with Crippen LogP contribution in [-0.4, -0.2) is 18.1 Å². The Kier molecular flexibility index (Phi) is 3.27. The Hall–Kier alpha value is -0.730. The van der Waals surface area contributed by atoms with E-state index in [0.29, 0.717) is 0 Å². The molecule has 1 saturated heterocycles. The minimum Gasteiger partial charge on any atom is -0.319 e. The van der Waals surface area contributed by atoms with E-state index in [-0.39, 0.29) is 0 Å². The van der Waals surface area contributed by atoms with Crippen LogP contribution in [0.5, 0.6) is 0 Å². The van der Waals surface area contributed by atoms with Gasteiger partial charge in [-0.2, -0.15) is 0 Å². The van der Waals surface area contributed by atoms with E-state index in [0.717, 1.165) is 23.8 Å². The first-order valence-corrected chi connectivity index (χ1v) is 5.49. The fourth-order valence-electron chi connectivity index (χ4n) is 1.71. The lowest BCUT2D eigenvalue weighted by atomic mass is 10.2. The lowest BCUT2D eigenvalue weighted by molar-refractivity contribution is 0.273. The minimum absolute atomic E-state index is 0.786. The molecule has 3 heteroatoms. The summed E-state index contributed by atoms with van der Waals surface area (Å²) < 4.78 is 0. The summed E-state index contributed by atoms with van der Waals surface area (Å²) in [6, 6.07) is 7.84. The van der Waals surface area contributed by atoms with E-state index < -0.39 is 0 Å². The van der Waals surface area contributed by atoms with Crippen molar-refractivity contribution in [2.45, 2.75) is 19.3 Å². The zero-order valence-electron chi connectivity index (χ0n) is 8.17. The highest BCUT2D eigenvalue weighted by molar-refractivity contribution is 6.30. The van der Waals surface area contributed by atoms with Crippen LogP contribution in [0, 0.1) is 0 Å². The zero-order chi connectivity index (χ0) is 9.80. The van der Waals surface area contributed by atoms with Crippen LogP contribution in [0.25, 0.3) is 0 Å². The third-order valence-corrected chi connectivity index (χ3v) is 2.74. The molecule has 1 aromatic rings. The fraction of sp³-hybridized carbons (Fsp3) is 0.455. The van der Waals surface area contributed by atoms with Crippen molar-refractivity contribution in [1.82, 2.24) is 5.01 Å². The van der Waals surface area contributed by atoms with Crippen molar-refractivity contribution in [1.29, 1.82) is 0 Å². The molecule has 0 aliphatic carbocycles. The summed E-state index contributed by atoms with van der Waals surface area (Å²) >= 11 is 5.81. The van der Waals surface area contributed by atoms with Gasteiger partial charge >= 0.3 is 0 Å². The van der Waals surface area contributed by atoms with Gasteiger partial charge < -0.3 is 5.43 Å². The lowest BCUT2D eigenvalue weighted by Crippen LogP contribution is -2.34. The van der Waals surface area contributed by atoms with Crippen LogP contribution in [0.2, 0.25) is 5.02 Å². The molecule has 76 valence electrons. The van der Waals surface area contributed by atoms with Gasteiger partial charge in [0.1, 0.15) is 0 Å². The molecule has 0 radical (unpaired) electrons. The maximum absolute atomic E-state index is 5.81. The Morgan fingerprint density at radius 1 is 1.00 bits per heavy atom. The van der Waals surface area contributed by atoms with Crippen molar-refractivity contribution in [2.24, 2.45) is 0 Å². The number of benzene rings is 1. The molecule has 0 amide bonds. The summed E-state index contributed by atoms with van der Waals surface area (Å²) in [5, 5.41) is 3.06. The average molecular weight is 211 g/mol. The van der Waals surface area contributed by atoms with Gasteiger partial charge in [-0.1, -0.05) is 18.0 Å². The first-order chi connectivity index (χ1) is 6.84. The van der Waals surface area contributed by atoms with Gasteiger partial charge in [-0.05, 0) is 37.1 Å². The van der Waals surface area contributed by atoms with Crippen LogP contribution < -0.4 is 5.43 Å². The molecule has 1 N–H and O–H groups in total. The number of anilines is 1. The number of nitrogens with zero attached hydrogens (tertiary/aromatic N) is 1. The molecule has 1 aromatic carbocycles. The van der Waals surface area contributed by atoms with Crippen LogP contribution in [0.15, 0.2) is 24.3 Å². The SMILES string of the molecule is Clc1ccc(NN2CCCCC2)cc1. The third-order valence-electron chi connectivity index (χ3n) is 2.49. The summed E-state index contributed by atoms with van der Waals surface area (Å²) in [6.07, 6.45) is 3.94. The van der Waals surface area contributed by atoms with Gasteiger partial charge in [-0.15, -0.1) is 0 Å². The summed E-state index contributed by atoms with van der Waals surface area (Å²) in [6.45, 7) is 2.28. The smallest absolute Gasteiger partial charge is 0.0491 e. The summed E-state index contributed by atoms with van der Waals surface area (Å²) in [7, 11) is 0. The first kappa shape index (κ1) is 9.81. The molecule has 0 saturated carbocycles. The molecular weight excluding hydrogens is 196 g/mol. The van der Waals surface area contributed by atoms with Crippen molar-refractivity contribution in [2.75, 3.05) is 18.5 Å². The highest BCUT2D eigenvalue weighted by Gasteiger charge is 2.08. The van der Waals surface area contributed by atoms with Crippen molar-refractivity contribution < 1.29 is 0 Å². The minimum atomic E-state index is 0.786. The standard InChI is InChI=1S/C11H15ClN2/c12-10-4-6-11(7-5-10)13-14-8-2-1-3-9-14/h4-7,13H,1-3,8-9H2. The maximum atomic E-state index is 5.81. The van der Waals surface area contributed by atoms with Gasteiger partial charge in [0, 0.05) is 23.8 Å². The molecule has 1 aliphatic heterocycles.